The van der Waals surface area contributed by atoms with Crippen LogP contribution in [-0.4, -0.2) is 51.9 Å². The van der Waals surface area contributed by atoms with Gasteiger partial charge in [0, 0.05) is 26.2 Å². The van der Waals surface area contributed by atoms with Crippen LogP contribution in [0.25, 0.3) is 11.0 Å². The number of halogens is 1. The minimum absolute atomic E-state index is 0.0280. The standard InChI is InChI=1S/C18H19ClN6O2/c1-10-17-13(23-24(10)2)4-5-14(22-17)18(26)21-11-8-25(9-11)15-6-16(27-3)20-7-12(15)19/h4-7,11H,8-9H2,1-3H3,(H,21,26). The van der Waals surface area contributed by atoms with Crippen LogP contribution >= 0.6 is 11.6 Å². The van der Waals surface area contributed by atoms with Crippen molar-refractivity contribution in [3.05, 3.63) is 40.8 Å². The third-order valence-electron chi connectivity index (χ3n) is 4.77. The Morgan fingerprint density at radius 3 is 2.89 bits per heavy atom. The molecule has 1 fully saturated rings. The Balaban J connectivity index is 1.43. The molecule has 1 saturated heterocycles. The zero-order chi connectivity index (χ0) is 19.1. The smallest absolute Gasteiger partial charge is 0.270 e. The van der Waals surface area contributed by atoms with E-state index in [1.807, 2.05) is 20.0 Å². The molecular formula is C18H19ClN6O2. The van der Waals surface area contributed by atoms with Crippen LogP contribution in [0.5, 0.6) is 5.88 Å². The Morgan fingerprint density at radius 1 is 1.37 bits per heavy atom. The quantitative estimate of drug-likeness (QED) is 0.737. The first-order valence-corrected chi connectivity index (χ1v) is 8.89. The number of hydrogen-bond acceptors (Lipinski definition) is 6. The number of methoxy groups -OCH3 is 1. The molecule has 9 heteroatoms. The van der Waals surface area contributed by atoms with Crippen molar-refractivity contribution in [2.24, 2.45) is 7.05 Å². The lowest BCUT2D eigenvalue weighted by atomic mass is 10.1. The Labute approximate surface area is 161 Å². The molecule has 140 valence electrons. The second-order valence-corrected chi connectivity index (χ2v) is 6.93. The fraction of sp³-hybridized carbons (Fsp3) is 0.333. The average molecular weight is 387 g/mol. The van der Waals surface area contributed by atoms with Crippen molar-refractivity contribution in [3.63, 3.8) is 0 Å². The summed E-state index contributed by atoms with van der Waals surface area (Å²) in [4.78, 5) is 23.2. The highest BCUT2D eigenvalue weighted by molar-refractivity contribution is 6.33. The minimum atomic E-state index is -0.191. The predicted octanol–water partition coefficient (Wildman–Crippen LogP) is 1.95. The Morgan fingerprint density at radius 2 is 2.15 bits per heavy atom. The lowest BCUT2D eigenvalue weighted by molar-refractivity contribution is 0.0925. The van der Waals surface area contributed by atoms with E-state index in [4.69, 9.17) is 16.3 Å². The summed E-state index contributed by atoms with van der Waals surface area (Å²) in [5, 5.41) is 7.92. The van der Waals surface area contributed by atoms with Gasteiger partial charge in [-0.1, -0.05) is 11.6 Å². The van der Waals surface area contributed by atoms with Gasteiger partial charge in [0.1, 0.15) is 16.7 Å². The molecule has 4 heterocycles. The number of carbonyl (C=O) groups excluding carboxylic acids is 1. The van der Waals surface area contributed by atoms with Crippen LogP contribution < -0.4 is 15.0 Å². The second kappa shape index (κ2) is 6.70. The van der Waals surface area contributed by atoms with Crippen LogP contribution in [0.15, 0.2) is 24.4 Å². The van der Waals surface area contributed by atoms with E-state index in [1.54, 1.807) is 30.1 Å². The van der Waals surface area contributed by atoms with Gasteiger partial charge in [-0.25, -0.2) is 9.97 Å². The van der Waals surface area contributed by atoms with Gasteiger partial charge in [0.25, 0.3) is 5.91 Å². The predicted molar refractivity (Wildman–Crippen MR) is 103 cm³/mol. The normalized spacial score (nSPS) is 14.3. The molecule has 1 aliphatic rings. The number of amides is 1. The Bertz CT molecular complexity index is 1030. The molecule has 3 aromatic rings. The van der Waals surface area contributed by atoms with Gasteiger partial charge in [0.15, 0.2) is 0 Å². The molecule has 1 amide bonds. The van der Waals surface area contributed by atoms with E-state index in [-0.39, 0.29) is 11.9 Å². The van der Waals surface area contributed by atoms with Crippen molar-refractivity contribution in [2.45, 2.75) is 13.0 Å². The number of fused-ring (bicyclic) bond motifs is 1. The van der Waals surface area contributed by atoms with Crippen molar-refractivity contribution in [1.29, 1.82) is 0 Å². The fourth-order valence-corrected chi connectivity index (χ4v) is 3.33. The van der Waals surface area contributed by atoms with Crippen LogP contribution in [0.3, 0.4) is 0 Å². The molecule has 0 aliphatic carbocycles. The summed E-state index contributed by atoms with van der Waals surface area (Å²) >= 11 is 6.22. The molecular weight excluding hydrogens is 368 g/mol. The van der Waals surface area contributed by atoms with E-state index in [0.717, 1.165) is 22.4 Å². The number of nitrogens with one attached hydrogen (secondary N) is 1. The summed E-state index contributed by atoms with van der Waals surface area (Å²) in [6, 6.07) is 5.34. The summed E-state index contributed by atoms with van der Waals surface area (Å²) in [7, 11) is 3.42. The van der Waals surface area contributed by atoms with Gasteiger partial charge in [-0.15, -0.1) is 0 Å². The van der Waals surface area contributed by atoms with Crippen molar-refractivity contribution < 1.29 is 9.53 Å². The van der Waals surface area contributed by atoms with E-state index < -0.39 is 0 Å². The van der Waals surface area contributed by atoms with E-state index in [9.17, 15) is 4.79 Å². The third-order valence-corrected chi connectivity index (χ3v) is 5.06. The highest BCUT2D eigenvalue weighted by Crippen LogP contribution is 2.31. The molecule has 4 rings (SSSR count). The number of anilines is 1. The van der Waals surface area contributed by atoms with Crippen molar-refractivity contribution >= 4 is 34.2 Å². The monoisotopic (exact) mass is 386 g/mol. The molecule has 1 aliphatic heterocycles. The summed E-state index contributed by atoms with van der Waals surface area (Å²) in [6.07, 6.45) is 1.57. The molecule has 27 heavy (non-hydrogen) atoms. The van der Waals surface area contributed by atoms with Gasteiger partial charge in [-0.2, -0.15) is 5.10 Å². The lowest BCUT2D eigenvalue weighted by Gasteiger charge is -2.41. The third kappa shape index (κ3) is 3.16. The lowest BCUT2D eigenvalue weighted by Crippen LogP contribution is -2.59. The highest BCUT2D eigenvalue weighted by atomic mass is 35.5. The van der Waals surface area contributed by atoms with Crippen LogP contribution in [0, 0.1) is 6.92 Å². The van der Waals surface area contributed by atoms with Crippen molar-refractivity contribution in [1.82, 2.24) is 25.1 Å². The van der Waals surface area contributed by atoms with Crippen LogP contribution in [-0.2, 0) is 7.05 Å². The summed E-state index contributed by atoms with van der Waals surface area (Å²) in [5.41, 5.74) is 3.69. The molecule has 0 aromatic carbocycles. The zero-order valence-electron chi connectivity index (χ0n) is 15.2. The number of pyridine rings is 2. The first kappa shape index (κ1) is 17.5. The molecule has 8 nitrogen and oxygen atoms in total. The molecule has 3 aromatic heterocycles. The van der Waals surface area contributed by atoms with E-state index in [2.05, 4.69) is 25.3 Å². The second-order valence-electron chi connectivity index (χ2n) is 6.53. The number of aromatic nitrogens is 4. The molecule has 0 spiro atoms. The summed E-state index contributed by atoms with van der Waals surface area (Å²) in [6.45, 7) is 3.25. The van der Waals surface area contributed by atoms with E-state index in [1.165, 1.54) is 0 Å². The van der Waals surface area contributed by atoms with Crippen LogP contribution in [0.2, 0.25) is 5.02 Å². The van der Waals surface area contributed by atoms with E-state index >= 15 is 0 Å². The van der Waals surface area contributed by atoms with Gasteiger partial charge in [0.05, 0.1) is 35.8 Å². The Kier molecular flexibility index (Phi) is 4.35. The maximum absolute atomic E-state index is 12.5. The molecule has 1 N–H and O–H groups in total. The number of hydrogen-bond donors (Lipinski definition) is 1. The van der Waals surface area contributed by atoms with Gasteiger partial charge < -0.3 is 15.0 Å². The maximum Gasteiger partial charge on any atom is 0.270 e. The maximum atomic E-state index is 12.5. The first-order chi connectivity index (χ1) is 13.0. The zero-order valence-corrected chi connectivity index (χ0v) is 16.0. The SMILES string of the molecule is COc1cc(N2CC(NC(=O)c3ccc4nn(C)c(C)c4n3)C2)c(Cl)cn1. The number of rotatable bonds is 4. The number of nitrogens with zero attached hydrogens (tertiary/aromatic N) is 5. The summed E-state index contributed by atoms with van der Waals surface area (Å²) in [5.74, 6) is 0.314. The largest absolute Gasteiger partial charge is 0.481 e. The molecule has 0 bridgehead atoms. The van der Waals surface area contributed by atoms with Crippen LogP contribution in [0.4, 0.5) is 5.69 Å². The van der Waals surface area contributed by atoms with Gasteiger partial charge in [0.2, 0.25) is 5.88 Å². The number of aryl methyl sites for hydroxylation is 2. The fourth-order valence-electron chi connectivity index (χ4n) is 3.10. The van der Waals surface area contributed by atoms with Crippen molar-refractivity contribution in [3.8, 4) is 5.88 Å². The molecule has 0 saturated carbocycles. The molecule has 0 radical (unpaired) electrons. The molecule has 0 unspecified atom stereocenters. The number of ether oxygens (including phenoxy) is 1. The highest BCUT2D eigenvalue weighted by Gasteiger charge is 2.30. The van der Waals surface area contributed by atoms with E-state index in [0.29, 0.717) is 29.7 Å². The number of carbonyl (C=O) groups is 1. The topological polar surface area (TPSA) is 85.2 Å². The molecule has 0 atom stereocenters. The van der Waals surface area contributed by atoms with Gasteiger partial charge in [-0.05, 0) is 19.1 Å². The van der Waals surface area contributed by atoms with Crippen molar-refractivity contribution in [2.75, 3.05) is 25.1 Å². The van der Waals surface area contributed by atoms with Crippen LogP contribution in [0.1, 0.15) is 16.2 Å². The van der Waals surface area contributed by atoms with Gasteiger partial charge >= 0.3 is 0 Å². The average Bonchev–Trinajstić information content (AvgIpc) is 2.92. The first-order valence-electron chi connectivity index (χ1n) is 8.52. The van der Waals surface area contributed by atoms with Gasteiger partial charge in [-0.3, -0.25) is 9.48 Å². The summed E-state index contributed by atoms with van der Waals surface area (Å²) < 4.78 is 6.90. The minimum Gasteiger partial charge on any atom is -0.481 e. The Hall–Kier alpha value is -2.87.